The maximum atomic E-state index is 12.8. The van der Waals surface area contributed by atoms with Crippen LogP contribution in [0.25, 0.3) is 5.57 Å². The Morgan fingerprint density at radius 1 is 1.00 bits per heavy atom. The van der Waals surface area contributed by atoms with Gasteiger partial charge in [0, 0.05) is 19.6 Å². The van der Waals surface area contributed by atoms with Crippen molar-refractivity contribution in [2.45, 2.75) is 33.1 Å². The summed E-state index contributed by atoms with van der Waals surface area (Å²) in [5.41, 5.74) is 1.89. The zero-order valence-corrected chi connectivity index (χ0v) is 14.4. The Balaban J connectivity index is 1.97. The van der Waals surface area contributed by atoms with Crippen LogP contribution < -0.4 is 4.74 Å². The molecule has 128 valence electrons. The van der Waals surface area contributed by atoms with E-state index in [9.17, 15) is 9.59 Å². The summed E-state index contributed by atoms with van der Waals surface area (Å²) in [7, 11) is 0. The van der Waals surface area contributed by atoms with Crippen LogP contribution in [0.5, 0.6) is 5.75 Å². The molecule has 5 heteroatoms. The second kappa shape index (κ2) is 7.07. The van der Waals surface area contributed by atoms with Crippen LogP contribution in [-0.2, 0) is 9.59 Å². The molecule has 0 aromatic heterocycles. The van der Waals surface area contributed by atoms with Crippen molar-refractivity contribution in [2.24, 2.45) is 0 Å². The number of benzene rings is 1. The van der Waals surface area contributed by atoms with Gasteiger partial charge in [0.2, 0.25) is 0 Å². The van der Waals surface area contributed by atoms with Crippen LogP contribution in [0.1, 0.15) is 38.7 Å². The number of imide groups is 1. The number of likely N-dealkylation sites (tertiary alicyclic amines) is 1. The van der Waals surface area contributed by atoms with Crippen molar-refractivity contribution >= 4 is 17.4 Å². The quantitative estimate of drug-likeness (QED) is 0.753. The first-order chi connectivity index (χ1) is 11.7. The third-order valence-electron chi connectivity index (χ3n) is 4.50. The topological polar surface area (TPSA) is 49.9 Å². The minimum absolute atomic E-state index is 0.161. The maximum absolute atomic E-state index is 12.8. The fourth-order valence-corrected chi connectivity index (χ4v) is 3.28. The molecule has 0 aliphatic carbocycles. The molecule has 1 aromatic carbocycles. The molecule has 5 nitrogen and oxygen atoms in total. The van der Waals surface area contributed by atoms with Gasteiger partial charge < -0.3 is 9.64 Å². The molecule has 0 unspecified atom stereocenters. The lowest BCUT2D eigenvalue weighted by atomic mass is 10.0. The lowest BCUT2D eigenvalue weighted by Crippen LogP contribution is -2.34. The summed E-state index contributed by atoms with van der Waals surface area (Å²) < 4.78 is 5.60. The van der Waals surface area contributed by atoms with E-state index in [4.69, 9.17) is 4.74 Å². The fraction of sp³-hybridized carbons (Fsp3) is 0.474. The molecule has 0 bridgehead atoms. The van der Waals surface area contributed by atoms with Crippen molar-refractivity contribution in [3.8, 4) is 5.75 Å². The van der Waals surface area contributed by atoms with Crippen LogP contribution in [0.15, 0.2) is 30.0 Å². The van der Waals surface area contributed by atoms with Gasteiger partial charge >= 0.3 is 0 Å². The Bertz CT molecular complexity index is 658. The molecule has 3 rings (SSSR count). The van der Waals surface area contributed by atoms with Gasteiger partial charge in [0.25, 0.3) is 11.8 Å². The van der Waals surface area contributed by atoms with Crippen molar-refractivity contribution in [3.63, 3.8) is 0 Å². The molecule has 0 N–H and O–H groups in total. The van der Waals surface area contributed by atoms with E-state index in [-0.39, 0.29) is 11.8 Å². The Kier molecular flexibility index (Phi) is 4.88. The van der Waals surface area contributed by atoms with Crippen LogP contribution in [0.4, 0.5) is 0 Å². The second-order valence-corrected chi connectivity index (χ2v) is 6.15. The van der Waals surface area contributed by atoms with E-state index >= 15 is 0 Å². The summed E-state index contributed by atoms with van der Waals surface area (Å²) in [5, 5.41) is 0. The van der Waals surface area contributed by atoms with Crippen LogP contribution in [-0.4, -0.2) is 47.9 Å². The summed E-state index contributed by atoms with van der Waals surface area (Å²) in [5.74, 6) is 0.436. The van der Waals surface area contributed by atoms with E-state index in [1.54, 1.807) is 0 Å². The predicted octanol–water partition coefficient (Wildman–Crippen LogP) is 2.67. The van der Waals surface area contributed by atoms with Crippen molar-refractivity contribution in [1.29, 1.82) is 0 Å². The molecule has 2 heterocycles. The maximum Gasteiger partial charge on any atom is 0.277 e. The molecular formula is C19H24N2O3. The highest BCUT2D eigenvalue weighted by Gasteiger charge is 2.41. The Morgan fingerprint density at radius 3 is 2.25 bits per heavy atom. The molecule has 1 fully saturated rings. The van der Waals surface area contributed by atoms with Gasteiger partial charge in [0.05, 0.1) is 12.2 Å². The minimum atomic E-state index is -0.188. The van der Waals surface area contributed by atoms with Crippen LogP contribution in [0, 0.1) is 0 Å². The van der Waals surface area contributed by atoms with E-state index in [0.29, 0.717) is 24.4 Å². The van der Waals surface area contributed by atoms with Crippen LogP contribution in [0.2, 0.25) is 0 Å². The average Bonchev–Trinajstić information content (AvgIpc) is 3.20. The van der Waals surface area contributed by atoms with Crippen LogP contribution >= 0.6 is 0 Å². The Labute approximate surface area is 142 Å². The number of amides is 2. The zero-order valence-electron chi connectivity index (χ0n) is 14.4. The third-order valence-corrected chi connectivity index (χ3v) is 4.50. The average molecular weight is 328 g/mol. The van der Waals surface area contributed by atoms with Gasteiger partial charge in [0.1, 0.15) is 11.4 Å². The van der Waals surface area contributed by atoms with Gasteiger partial charge in [-0.1, -0.05) is 19.1 Å². The lowest BCUT2D eigenvalue weighted by molar-refractivity contribution is -0.137. The third kappa shape index (κ3) is 2.90. The zero-order chi connectivity index (χ0) is 17.1. The number of carbonyl (C=O) groups excluding carboxylic acids is 2. The molecule has 1 saturated heterocycles. The van der Waals surface area contributed by atoms with Crippen molar-refractivity contribution < 1.29 is 14.3 Å². The predicted molar refractivity (Wildman–Crippen MR) is 92.3 cm³/mol. The molecule has 1 aromatic rings. The number of hydrogen-bond donors (Lipinski definition) is 0. The van der Waals surface area contributed by atoms with Gasteiger partial charge in [-0.15, -0.1) is 0 Å². The fourth-order valence-electron chi connectivity index (χ4n) is 3.28. The van der Waals surface area contributed by atoms with Crippen LogP contribution in [0.3, 0.4) is 0 Å². The first-order valence-electron chi connectivity index (χ1n) is 8.76. The molecule has 0 spiro atoms. The molecule has 0 saturated carbocycles. The standard InChI is InChI=1S/C19H24N2O3/c1-3-13-24-15-9-7-14(8-10-15)16-17(20-11-5-6-12-20)19(23)21(4-2)18(16)22/h7-10H,3-6,11-13H2,1-2H3. The molecule has 0 radical (unpaired) electrons. The van der Waals surface area contributed by atoms with E-state index in [1.807, 2.05) is 31.2 Å². The normalized spacial score (nSPS) is 18.1. The number of rotatable bonds is 6. The van der Waals surface area contributed by atoms with E-state index in [0.717, 1.165) is 43.7 Å². The summed E-state index contributed by atoms with van der Waals surface area (Å²) in [6.07, 6.45) is 3.08. The largest absolute Gasteiger partial charge is 0.494 e. The molecule has 24 heavy (non-hydrogen) atoms. The molecular weight excluding hydrogens is 304 g/mol. The van der Waals surface area contributed by atoms with Gasteiger partial charge in [-0.2, -0.15) is 0 Å². The molecule has 2 amide bonds. The van der Waals surface area contributed by atoms with E-state index in [1.165, 1.54) is 4.90 Å². The summed E-state index contributed by atoms with van der Waals surface area (Å²) >= 11 is 0. The lowest BCUT2D eigenvalue weighted by Gasteiger charge is -2.19. The Hall–Kier alpha value is -2.30. The molecule has 2 aliphatic heterocycles. The van der Waals surface area contributed by atoms with Gasteiger partial charge in [-0.3, -0.25) is 14.5 Å². The number of carbonyl (C=O) groups is 2. The monoisotopic (exact) mass is 328 g/mol. The first kappa shape index (κ1) is 16.6. The molecule has 2 aliphatic rings. The second-order valence-electron chi connectivity index (χ2n) is 6.15. The Morgan fingerprint density at radius 2 is 1.67 bits per heavy atom. The van der Waals surface area contributed by atoms with Gasteiger partial charge in [0.15, 0.2) is 0 Å². The minimum Gasteiger partial charge on any atom is -0.494 e. The summed E-state index contributed by atoms with van der Waals surface area (Å²) in [6.45, 7) is 6.64. The summed E-state index contributed by atoms with van der Waals surface area (Å²) in [6, 6.07) is 7.49. The van der Waals surface area contributed by atoms with Crippen molar-refractivity contribution in [3.05, 3.63) is 35.5 Å². The van der Waals surface area contributed by atoms with Gasteiger partial charge in [-0.05, 0) is 43.9 Å². The van der Waals surface area contributed by atoms with Crippen molar-refractivity contribution in [1.82, 2.24) is 9.80 Å². The highest BCUT2D eigenvalue weighted by atomic mass is 16.5. The SMILES string of the molecule is CCCOc1ccc(C2=C(N3CCCC3)C(=O)N(CC)C2=O)cc1. The first-order valence-corrected chi connectivity index (χ1v) is 8.76. The highest BCUT2D eigenvalue weighted by molar-refractivity contribution is 6.35. The van der Waals surface area contributed by atoms with E-state index < -0.39 is 0 Å². The van der Waals surface area contributed by atoms with Gasteiger partial charge in [-0.25, -0.2) is 0 Å². The smallest absolute Gasteiger partial charge is 0.277 e. The highest BCUT2D eigenvalue weighted by Crippen LogP contribution is 2.33. The number of hydrogen-bond acceptors (Lipinski definition) is 4. The number of ether oxygens (including phenoxy) is 1. The van der Waals surface area contributed by atoms with E-state index in [2.05, 4.69) is 11.8 Å². The number of likely N-dealkylation sites (N-methyl/N-ethyl adjacent to an activating group) is 1. The number of nitrogens with zero attached hydrogens (tertiary/aromatic N) is 2. The summed E-state index contributed by atoms with van der Waals surface area (Å²) in [4.78, 5) is 28.9. The molecule has 0 atom stereocenters. The van der Waals surface area contributed by atoms with Crippen molar-refractivity contribution in [2.75, 3.05) is 26.2 Å².